The van der Waals surface area contributed by atoms with Crippen molar-refractivity contribution in [3.63, 3.8) is 0 Å². The van der Waals surface area contributed by atoms with Crippen molar-refractivity contribution >= 4 is 5.96 Å². The van der Waals surface area contributed by atoms with Gasteiger partial charge in [-0.05, 0) is 31.7 Å². The molecule has 1 aliphatic carbocycles. The monoisotopic (exact) mass is 355 g/mol. The van der Waals surface area contributed by atoms with Crippen LogP contribution in [0.2, 0.25) is 0 Å². The third-order valence-electron chi connectivity index (χ3n) is 4.42. The number of benzene rings is 1. The first-order valence-electron chi connectivity index (χ1n) is 9.33. The van der Waals surface area contributed by atoms with Crippen LogP contribution in [0.4, 0.5) is 0 Å². The average Bonchev–Trinajstić information content (AvgIpc) is 3.38. The van der Waals surface area contributed by atoms with E-state index >= 15 is 0 Å². The van der Waals surface area contributed by atoms with Gasteiger partial charge in [-0.25, -0.2) is 4.99 Å². The molecule has 0 saturated heterocycles. The zero-order chi connectivity index (χ0) is 18.4. The molecule has 26 heavy (non-hydrogen) atoms. The summed E-state index contributed by atoms with van der Waals surface area (Å²) in [5.41, 5.74) is 2.28. The molecular formula is C20H29N5O. The van der Waals surface area contributed by atoms with Crippen LogP contribution in [0.1, 0.15) is 30.9 Å². The molecule has 140 valence electrons. The molecule has 0 atom stereocenters. The summed E-state index contributed by atoms with van der Waals surface area (Å²) in [6.45, 7) is 5.10. The van der Waals surface area contributed by atoms with Gasteiger partial charge < -0.3 is 15.0 Å². The smallest absolute Gasteiger partial charge is 0.194 e. The van der Waals surface area contributed by atoms with Gasteiger partial charge in [0.05, 0.1) is 19.3 Å². The van der Waals surface area contributed by atoms with Crippen molar-refractivity contribution in [3.8, 4) is 5.75 Å². The average molecular weight is 355 g/mol. The number of guanidine groups is 1. The van der Waals surface area contributed by atoms with Crippen molar-refractivity contribution in [3.05, 3.63) is 47.8 Å². The summed E-state index contributed by atoms with van der Waals surface area (Å²) in [5, 5.41) is 7.60. The maximum Gasteiger partial charge on any atom is 0.194 e. The number of aromatic nitrogens is 2. The van der Waals surface area contributed by atoms with E-state index < -0.39 is 0 Å². The summed E-state index contributed by atoms with van der Waals surface area (Å²) in [7, 11) is 3.98. The van der Waals surface area contributed by atoms with Crippen LogP contribution in [-0.4, -0.2) is 40.8 Å². The lowest BCUT2D eigenvalue weighted by molar-refractivity contribution is 0.297. The minimum atomic E-state index is 0.598. The Morgan fingerprint density at radius 2 is 2.19 bits per heavy atom. The molecule has 0 amide bonds. The number of ether oxygens (including phenoxy) is 1. The highest BCUT2D eigenvalue weighted by atomic mass is 16.5. The molecule has 1 N–H and O–H groups in total. The predicted octanol–water partition coefficient (Wildman–Crippen LogP) is 2.81. The van der Waals surface area contributed by atoms with Crippen LogP contribution in [0.3, 0.4) is 0 Å². The molecule has 0 unspecified atom stereocenters. The normalized spacial score (nSPS) is 14.3. The molecule has 6 heteroatoms. The molecule has 1 fully saturated rings. The summed E-state index contributed by atoms with van der Waals surface area (Å²) in [5.74, 6) is 2.58. The number of hydrogen-bond acceptors (Lipinski definition) is 3. The van der Waals surface area contributed by atoms with Gasteiger partial charge in [-0.15, -0.1) is 0 Å². The van der Waals surface area contributed by atoms with E-state index in [1.807, 2.05) is 49.4 Å². The van der Waals surface area contributed by atoms with Gasteiger partial charge in [0.2, 0.25) is 0 Å². The number of hydrogen-bond donors (Lipinski definition) is 1. The Morgan fingerprint density at radius 3 is 2.88 bits per heavy atom. The van der Waals surface area contributed by atoms with Gasteiger partial charge in [-0.3, -0.25) is 4.68 Å². The minimum absolute atomic E-state index is 0.598. The van der Waals surface area contributed by atoms with Crippen molar-refractivity contribution in [1.82, 2.24) is 20.0 Å². The maximum atomic E-state index is 6.00. The molecule has 1 aromatic heterocycles. The summed E-state index contributed by atoms with van der Waals surface area (Å²) < 4.78 is 7.82. The highest BCUT2D eigenvalue weighted by Gasteiger charge is 2.22. The lowest BCUT2D eigenvalue weighted by Crippen LogP contribution is -2.38. The molecule has 0 radical (unpaired) electrons. The van der Waals surface area contributed by atoms with E-state index in [1.54, 1.807) is 0 Å². The summed E-state index contributed by atoms with van der Waals surface area (Å²) in [4.78, 5) is 6.93. The molecule has 1 aliphatic rings. The number of aliphatic imine (C=N–C) groups is 1. The van der Waals surface area contributed by atoms with Crippen molar-refractivity contribution in [2.45, 2.75) is 32.9 Å². The molecule has 1 aromatic carbocycles. The predicted molar refractivity (Wildman–Crippen MR) is 104 cm³/mol. The molecule has 0 aliphatic heterocycles. The summed E-state index contributed by atoms with van der Waals surface area (Å²) in [6, 6.07) is 8.20. The van der Waals surface area contributed by atoms with E-state index in [0.717, 1.165) is 48.5 Å². The van der Waals surface area contributed by atoms with Gasteiger partial charge in [-0.2, -0.15) is 5.10 Å². The molecule has 1 heterocycles. The van der Waals surface area contributed by atoms with Gasteiger partial charge in [-0.1, -0.05) is 18.2 Å². The van der Waals surface area contributed by atoms with Gasteiger partial charge in [0.25, 0.3) is 0 Å². The Bertz CT molecular complexity index is 735. The van der Waals surface area contributed by atoms with Crippen molar-refractivity contribution in [2.24, 2.45) is 18.0 Å². The summed E-state index contributed by atoms with van der Waals surface area (Å²) in [6.07, 6.45) is 6.51. The van der Waals surface area contributed by atoms with Crippen LogP contribution >= 0.6 is 0 Å². The largest absolute Gasteiger partial charge is 0.493 e. The molecule has 6 nitrogen and oxygen atoms in total. The van der Waals surface area contributed by atoms with Gasteiger partial charge in [0, 0.05) is 44.5 Å². The molecule has 0 spiro atoms. The number of para-hydroxylation sites is 1. The third-order valence-corrected chi connectivity index (χ3v) is 4.42. The van der Waals surface area contributed by atoms with Crippen LogP contribution in [0, 0.1) is 5.92 Å². The Morgan fingerprint density at radius 1 is 1.38 bits per heavy atom. The minimum Gasteiger partial charge on any atom is -0.493 e. The number of rotatable bonds is 8. The fourth-order valence-corrected chi connectivity index (χ4v) is 2.80. The highest BCUT2D eigenvalue weighted by Crippen LogP contribution is 2.30. The molecule has 2 aromatic rings. The Labute approximate surface area is 155 Å². The first-order chi connectivity index (χ1) is 12.7. The highest BCUT2D eigenvalue weighted by molar-refractivity contribution is 5.79. The van der Waals surface area contributed by atoms with Crippen molar-refractivity contribution < 1.29 is 4.74 Å². The second kappa shape index (κ2) is 8.74. The fourth-order valence-electron chi connectivity index (χ4n) is 2.80. The Hall–Kier alpha value is -2.50. The number of aryl methyl sites for hydroxylation is 1. The second-order valence-electron chi connectivity index (χ2n) is 6.91. The van der Waals surface area contributed by atoms with Crippen LogP contribution < -0.4 is 10.1 Å². The standard InChI is InChI=1S/C20H29N5O/c1-4-21-20(24(2)13-17-11-23-25(3)14-17)22-12-18-7-5-6-8-19(18)26-15-16-9-10-16/h5-8,11,14,16H,4,9-10,12-13,15H2,1-3H3,(H,21,22). The van der Waals surface area contributed by atoms with Crippen LogP contribution in [-0.2, 0) is 20.1 Å². The zero-order valence-corrected chi connectivity index (χ0v) is 16.0. The van der Waals surface area contributed by atoms with E-state index in [9.17, 15) is 0 Å². The van der Waals surface area contributed by atoms with Crippen LogP contribution in [0.25, 0.3) is 0 Å². The van der Waals surface area contributed by atoms with Gasteiger partial charge >= 0.3 is 0 Å². The van der Waals surface area contributed by atoms with Crippen molar-refractivity contribution in [1.29, 1.82) is 0 Å². The number of nitrogens with zero attached hydrogens (tertiary/aromatic N) is 4. The molecule has 0 bridgehead atoms. The lowest BCUT2D eigenvalue weighted by atomic mass is 10.2. The summed E-state index contributed by atoms with van der Waals surface area (Å²) >= 11 is 0. The van der Waals surface area contributed by atoms with E-state index in [1.165, 1.54) is 12.8 Å². The fraction of sp³-hybridized carbons (Fsp3) is 0.500. The number of nitrogens with one attached hydrogen (secondary N) is 1. The van der Waals surface area contributed by atoms with Gasteiger partial charge in [0.1, 0.15) is 5.75 Å². The molecule has 1 saturated carbocycles. The third kappa shape index (κ3) is 5.25. The lowest BCUT2D eigenvalue weighted by Gasteiger charge is -2.21. The first kappa shape index (κ1) is 18.3. The molecule has 3 rings (SSSR count). The SMILES string of the molecule is CCNC(=NCc1ccccc1OCC1CC1)N(C)Cc1cnn(C)c1. The quantitative estimate of drug-likeness (QED) is 0.584. The second-order valence-corrected chi connectivity index (χ2v) is 6.91. The Balaban J connectivity index is 1.66. The van der Waals surface area contributed by atoms with Crippen molar-refractivity contribution in [2.75, 3.05) is 20.2 Å². The topological polar surface area (TPSA) is 54.7 Å². The van der Waals surface area contributed by atoms with E-state index in [0.29, 0.717) is 6.54 Å². The van der Waals surface area contributed by atoms with Crippen LogP contribution in [0.15, 0.2) is 41.7 Å². The van der Waals surface area contributed by atoms with Gasteiger partial charge in [0.15, 0.2) is 5.96 Å². The van der Waals surface area contributed by atoms with E-state index in [-0.39, 0.29) is 0 Å². The Kier molecular flexibility index (Phi) is 6.15. The maximum absolute atomic E-state index is 6.00. The molecular weight excluding hydrogens is 326 g/mol. The van der Waals surface area contributed by atoms with Crippen LogP contribution in [0.5, 0.6) is 5.75 Å². The van der Waals surface area contributed by atoms with E-state index in [2.05, 4.69) is 28.3 Å². The first-order valence-corrected chi connectivity index (χ1v) is 9.33. The van der Waals surface area contributed by atoms with E-state index in [4.69, 9.17) is 9.73 Å². The zero-order valence-electron chi connectivity index (χ0n) is 16.0.